The molecule has 0 amide bonds. The third kappa shape index (κ3) is 3.48. The van der Waals surface area contributed by atoms with Crippen molar-refractivity contribution in [1.29, 1.82) is 0 Å². The second-order valence-corrected chi connectivity index (χ2v) is 6.66. The molecule has 0 aliphatic carbocycles. The lowest BCUT2D eigenvalue weighted by Crippen LogP contribution is -2.31. The molecule has 0 radical (unpaired) electrons. The van der Waals surface area contributed by atoms with Crippen molar-refractivity contribution < 1.29 is 4.74 Å². The van der Waals surface area contributed by atoms with Crippen molar-refractivity contribution in [1.82, 2.24) is 14.9 Å². The molecule has 1 N–H and O–H groups in total. The zero-order chi connectivity index (χ0) is 17.8. The van der Waals surface area contributed by atoms with Gasteiger partial charge in [0.2, 0.25) is 0 Å². The summed E-state index contributed by atoms with van der Waals surface area (Å²) in [6, 6.07) is 17.0. The van der Waals surface area contributed by atoms with Crippen LogP contribution in [0.15, 0.2) is 54.9 Å². The van der Waals surface area contributed by atoms with Gasteiger partial charge < -0.3 is 10.1 Å². The molecule has 1 aliphatic rings. The van der Waals surface area contributed by atoms with Crippen LogP contribution < -0.4 is 10.1 Å². The van der Waals surface area contributed by atoms with Crippen molar-refractivity contribution >= 4 is 16.7 Å². The van der Waals surface area contributed by atoms with Gasteiger partial charge in [0.15, 0.2) is 0 Å². The summed E-state index contributed by atoms with van der Waals surface area (Å²) in [5.41, 5.74) is 2.24. The van der Waals surface area contributed by atoms with Gasteiger partial charge in [-0.1, -0.05) is 30.3 Å². The Labute approximate surface area is 154 Å². The van der Waals surface area contributed by atoms with Gasteiger partial charge in [0, 0.05) is 18.0 Å². The quantitative estimate of drug-likeness (QED) is 0.732. The number of hydrogen-bond donors (Lipinski definition) is 1. The molecule has 5 nitrogen and oxygen atoms in total. The van der Waals surface area contributed by atoms with Gasteiger partial charge in [-0.15, -0.1) is 0 Å². The average molecular weight is 348 g/mol. The van der Waals surface area contributed by atoms with Gasteiger partial charge in [-0.05, 0) is 43.6 Å². The molecule has 3 aromatic rings. The standard InChI is InChI=1S/C21H24N4O/c1-26-17-9-10-18-19(13-17)23-15-24-21(18)22-14-20(25-11-5-6-12-25)16-7-3-2-4-8-16/h2-4,7-10,13,15,20H,5-6,11-12,14H2,1H3,(H,22,23,24). The van der Waals surface area contributed by atoms with E-state index >= 15 is 0 Å². The number of ether oxygens (including phenoxy) is 1. The molecule has 0 bridgehead atoms. The zero-order valence-corrected chi connectivity index (χ0v) is 15.1. The first kappa shape index (κ1) is 16.8. The van der Waals surface area contributed by atoms with Crippen molar-refractivity contribution in [3.05, 3.63) is 60.4 Å². The van der Waals surface area contributed by atoms with Crippen molar-refractivity contribution in [3.63, 3.8) is 0 Å². The molecule has 2 heterocycles. The van der Waals surface area contributed by atoms with Crippen LogP contribution in [0.4, 0.5) is 5.82 Å². The van der Waals surface area contributed by atoms with Crippen LogP contribution in [-0.4, -0.2) is 41.6 Å². The Bertz CT molecular complexity index is 862. The minimum absolute atomic E-state index is 0.349. The summed E-state index contributed by atoms with van der Waals surface area (Å²) in [4.78, 5) is 11.4. The Kier molecular flexibility index (Phi) is 4.97. The maximum Gasteiger partial charge on any atom is 0.137 e. The molecule has 0 saturated carbocycles. The topological polar surface area (TPSA) is 50.3 Å². The van der Waals surface area contributed by atoms with Gasteiger partial charge in [0.1, 0.15) is 17.9 Å². The summed E-state index contributed by atoms with van der Waals surface area (Å²) >= 11 is 0. The smallest absolute Gasteiger partial charge is 0.137 e. The van der Waals surface area contributed by atoms with Crippen LogP contribution >= 0.6 is 0 Å². The van der Waals surface area contributed by atoms with Gasteiger partial charge in [-0.3, -0.25) is 4.90 Å². The summed E-state index contributed by atoms with van der Waals surface area (Å²) < 4.78 is 5.30. The number of likely N-dealkylation sites (tertiary alicyclic amines) is 1. The molecule has 1 atom stereocenters. The van der Waals surface area contributed by atoms with E-state index in [2.05, 4.69) is 50.5 Å². The van der Waals surface area contributed by atoms with Crippen LogP contribution in [0.1, 0.15) is 24.4 Å². The highest BCUT2D eigenvalue weighted by molar-refractivity contribution is 5.89. The van der Waals surface area contributed by atoms with Crippen LogP contribution in [0.3, 0.4) is 0 Å². The molecule has 26 heavy (non-hydrogen) atoms. The molecule has 1 aliphatic heterocycles. The highest BCUT2D eigenvalue weighted by Crippen LogP contribution is 2.27. The van der Waals surface area contributed by atoms with E-state index in [1.54, 1.807) is 13.4 Å². The molecule has 134 valence electrons. The van der Waals surface area contributed by atoms with Crippen LogP contribution in [0.25, 0.3) is 10.9 Å². The number of methoxy groups -OCH3 is 1. The first-order valence-electron chi connectivity index (χ1n) is 9.17. The third-order valence-electron chi connectivity index (χ3n) is 5.07. The number of nitrogens with one attached hydrogen (secondary N) is 1. The molecule has 1 saturated heterocycles. The van der Waals surface area contributed by atoms with Crippen molar-refractivity contribution in [2.24, 2.45) is 0 Å². The number of aromatic nitrogens is 2. The Hall–Kier alpha value is -2.66. The second-order valence-electron chi connectivity index (χ2n) is 6.66. The minimum Gasteiger partial charge on any atom is -0.497 e. The first-order chi connectivity index (χ1) is 12.8. The monoisotopic (exact) mass is 348 g/mol. The van der Waals surface area contributed by atoms with E-state index < -0.39 is 0 Å². The van der Waals surface area contributed by atoms with Gasteiger partial charge in [-0.2, -0.15) is 0 Å². The van der Waals surface area contributed by atoms with Gasteiger partial charge in [0.05, 0.1) is 18.7 Å². The van der Waals surface area contributed by atoms with E-state index in [4.69, 9.17) is 4.74 Å². The Morgan fingerprint density at radius 1 is 1.08 bits per heavy atom. The maximum atomic E-state index is 5.30. The molecular formula is C21H24N4O. The van der Waals surface area contributed by atoms with Gasteiger partial charge in [-0.25, -0.2) is 9.97 Å². The summed E-state index contributed by atoms with van der Waals surface area (Å²) in [6.45, 7) is 3.13. The number of hydrogen-bond acceptors (Lipinski definition) is 5. The summed E-state index contributed by atoms with van der Waals surface area (Å²) in [5, 5.41) is 4.58. The van der Waals surface area contributed by atoms with Crippen molar-refractivity contribution in [2.75, 3.05) is 32.1 Å². The lowest BCUT2D eigenvalue weighted by molar-refractivity contribution is 0.256. The molecule has 5 heteroatoms. The molecule has 4 rings (SSSR count). The van der Waals surface area contributed by atoms with Gasteiger partial charge in [0.25, 0.3) is 0 Å². The number of rotatable bonds is 6. The number of anilines is 1. The SMILES string of the molecule is COc1ccc2c(NCC(c3ccccc3)N3CCCC3)ncnc2c1. The fourth-order valence-corrected chi connectivity index (χ4v) is 3.68. The predicted octanol–water partition coefficient (Wildman–Crippen LogP) is 3.89. The van der Waals surface area contributed by atoms with Crippen molar-refractivity contribution in [3.8, 4) is 5.75 Å². The predicted molar refractivity (Wildman–Crippen MR) is 105 cm³/mol. The molecular weight excluding hydrogens is 324 g/mol. The van der Waals surface area contributed by atoms with E-state index in [9.17, 15) is 0 Å². The van der Waals surface area contributed by atoms with Crippen LogP contribution in [0.2, 0.25) is 0 Å². The van der Waals surface area contributed by atoms with E-state index in [1.165, 1.54) is 18.4 Å². The van der Waals surface area contributed by atoms with E-state index in [0.717, 1.165) is 42.1 Å². The minimum atomic E-state index is 0.349. The average Bonchev–Trinajstić information content (AvgIpc) is 3.23. The lowest BCUT2D eigenvalue weighted by atomic mass is 10.1. The maximum absolute atomic E-state index is 5.30. The molecule has 2 aromatic carbocycles. The lowest BCUT2D eigenvalue weighted by Gasteiger charge is -2.28. The largest absolute Gasteiger partial charge is 0.497 e. The number of fused-ring (bicyclic) bond motifs is 1. The summed E-state index contributed by atoms with van der Waals surface area (Å²) in [6.07, 6.45) is 4.16. The number of nitrogens with zero attached hydrogens (tertiary/aromatic N) is 3. The normalized spacial score (nSPS) is 15.9. The Balaban J connectivity index is 1.58. The molecule has 1 fully saturated rings. The van der Waals surface area contributed by atoms with Crippen LogP contribution in [0, 0.1) is 0 Å². The van der Waals surface area contributed by atoms with Crippen LogP contribution in [0.5, 0.6) is 5.75 Å². The highest BCUT2D eigenvalue weighted by atomic mass is 16.5. The fraction of sp³-hybridized carbons (Fsp3) is 0.333. The van der Waals surface area contributed by atoms with E-state index in [0.29, 0.717) is 6.04 Å². The highest BCUT2D eigenvalue weighted by Gasteiger charge is 2.23. The Morgan fingerprint density at radius 3 is 2.65 bits per heavy atom. The first-order valence-corrected chi connectivity index (χ1v) is 9.17. The molecule has 1 aromatic heterocycles. The summed E-state index contributed by atoms with van der Waals surface area (Å²) in [5.74, 6) is 1.68. The second kappa shape index (κ2) is 7.70. The van der Waals surface area contributed by atoms with Crippen molar-refractivity contribution in [2.45, 2.75) is 18.9 Å². The number of benzene rings is 2. The third-order valence-corrected chi connectivity index (χ3v) is 5.07. The van der Waals surface area contributed by atoms with Gasteiger partial charge >= 0.3 is 0 Å². The molecule has 0 spiro atoms. The summed E-state index contributed by atoms with van der Waals surface area (Å²) in [7, 11) is 1.67. The Morgan fingerprint density at radius 2 is 1.88 bits per heavy atom. The van der Waals surface area contributed by atoms with E-state index in [-0.39, 0.29) is 0 Å². The van der Waals surface area contributed by atoms with E-state index in [1.807, 2.05) is 18.2 Å². The fourth-order valence-electron chi connectivity index (χ4n) is 3.68. The molecule has 1 unspecified atom stereocenters. The van der Waals surface area contributed by atoms with Crippen LogP contribution in [-0.2, 0) is 0 Å². The zero-order valence-electron chi connectivity index (χ0n) is 15.1.